The van der Waals surface area contributed by atoms with E-state index in [2.05, 4.69) is 4.98 Å². The van der Waals surface area contributed by atoms with Crippen LogP contribution in [0.2, 0.25) is 0 Å². The molecule has 4 rings (SSSR count). The van der Waals surface area contributed by atoms with Crippen LogP contribution < -0.4 is 10.5 Å². The molecule has 1 amide bonds. The lowest BCUT2D eigenvalue weighted by atomic mass is 10.1. The molecule has 0 spiro atoms. The Labute approximate surface area is 155 Å². The van der Waals surface area contributed by atoms with E-state index in [1.165, 1.54) is 22.6 Å². The fraction of sp³-hybridized carbons (Fsp3) is 0.250. The number of piperazine rings is 1. The predicted octanol–water partition coefficient (Wildman–Crippen LogP) is 1.72. The second kappa shape index (κ2) is 7.19. The molecule has 0 radical (unpaired) electrons. The van der Waals surface area contributed by atoms with Gasteiger partial charge in [-0.05, 0) is 29.8 Å². The molecule has 1 aliphatic heterocycles. The third-order valence-corrected chi connectivity index (χ3v) is 4.78. The lowest BCUT2D eigenvalue weighted by Crippen LogP contribution is -2.49. The van der Waals surface area contributed by atoms with Crippen molar-refractivity contribution in [3.8, 4) is 0 Å². The summed E-state index contributed by atoms with van der Waals surface area (Å²) in [4.78, 5) is 33.1. The fourth-order valence-corrected chi connectivity index (χ4v) is 3.28. The maximum Gasteiger partial charge on any atom is 0.259 e. The van der Waals surface area contributed by atoms with Crippen LogP contribution in [0, 0.1) is 5.82 Å². The van der Waals surface area contributed by atoms with E-state index in [9.17, 15) is 14.0 Å². The molecule has 6 nitrogen and oxygen atoms in total. The van der Waals surface area contributed by atoms with Gasteiger partial charge in [-0.1, -0.05) is 18.2 Å². The molecular weight excluding hydrogens is 347 g/mol. The molecule has 7 heteroatoms. The highest BCUT2D eigenvalue weighted by Crippen LogP contribution is 2.14. The largest absolute Gasteiger partial charge is 0.353 e. The lowest BCUT2D eigenvalue weighted by Gasteiger charge is -2.35. The van der Waals surface area contributed by atoms with Crippen molar-refractivity contribution in [2.24, 2.45) is 0 Å². The Morgan fingerprint density at radius 3 is 2.52 bits per heavy atom. The molecule has 1 aliphatic rings. The first-order valence-electron chi connectivity index (χ1n) is 8.86. The minimum Gasteiger partial charge on any atom is -0.353 e. The average Bonchev–Trinajstić information content (AvgIpc) is 2.70. The number of hydrogen-bond acceptors (Lipinski definition) is 4. The molecule has 27 heavy (non-hydrogen) atoms. The molecule has 138 valence electrons. The van der Waals surface area contributed by atoms with Crippen LogP contribution in [0.5, 0.6) is 0 Å². The van der Waals surface area contributed by atoms with Crippen molar-refractivity contribution in [2.75, 3.05) is 31.1 Å². The van der Waals surface area contributed by atoms with E-state index in [1.54, 1.807) is 35.4 Å². The van der Waals surface area contributed by atoms with Gasteiger partial charge < -0.3 is 9.80 Å². The Bertz CT molecular complexity index is 1020. The zero-order valence-corrected chi connectivity index (χ0v) is 14.7. The minimum atomic E-state index is -0.307. The first kappa shape index (κ1) is 17.2. The smallest absolute Gasteiger partial charge is 0.259 e. The highest BCUT2D eigenvalue weighted by atomic mass is 19.1. The normalized spacial score (nSPS) is 14.6. The van der Waals surface area contributed by atoms with Gasteiger partial charge in [0.2, 0.25) is 5.91 Å². The number of hydrogen-bond donors (Lipinski definition) is 0. The molecule has 0 atom stereocenters. The third kappa shape index (κ3) is 3.67. The van der Waals surface area contributed by atoms with E-state index < -0.39 is 0 Å². The number of pyridine rings is 1. The first-order chi connectivity index (χ1) is 13.1. The highest BCUT2D eigenvalue weighted by Gasteiger charge is 2.22. The summed E-state index contributed by atoms with van der Waals surface area (Å²) in [5.41, 5.74) is 1.29. The van der Waals surface area contributed by atoms with Crippen LogP contribution in [0.3, 0.4) is 0 Å². The van der Waals surface area contributed by atoms with Crippen LogP contribution in [0.4, 0.5) is 10.2 Å². The maximum absolute atomic E-state index is 13.0. The van der Waals surface area contributed by atoms with Crippen molar-refractivity contribution in [1.29, 1.82) is 0 Å². The van der Waals surface area contributed by atoms with Gasteiger partial charge in [-0.2, -0.15) is 0 Å². The quantitative estimate of drug-likeness (QED) is 0.708. The molecule has 0 unspecified atom stereocenters. The van der Waals surface area contributed by atoms with Crippen LogP contribution in [-0.2, 0) is 11.2 Å². The summed E-state index contributed by atoms with van der Waals surface area (Å²) in [6.07, 6.45) is 1.95. The van der Waals surface area contributed by atoms with Crippen LogP contribution in [0.25, 0.3) is 5.65 Å². The molecular formula is C20H19FN4O2. The Balaban J connectivity index is 1.42. The number of anilines is 1. The molecule has 0 bridgehead atoms. The van der Waals surface area contributed by atoms with Gasteiger partial charge in [0.15, 0.2) is 0 Å². The van der Waals surface area contributed by atoms with Crippen LogP contribution in [-0.4, -0.2) is 46.4 Å². The fourth-order valence-electron chi connectivity index (χ4n) is 3.28. The van der Waals surface area contributed by atoms with Crippen molar-refractivity contribution in [2.45, 2.75) is 6.42 Å². The Morgan fingerprint density at radius 1 is 1.04 bits per heavy atom. The summed E-state index contributed by atoms with van der Waals surface area (Å²) in [5, 5.41) is 0. The number of benzene rings is 1. The molecule has 1 aromatic carbocycles. The van der Waals surface area contributed by atoms with Gasteiger partial charge in [-0.3, -0.25) is 14.0 Å². The molecule has 3 aromatic rings. The number of nitrogens with zero attached hydrogens (tertiary/aromatic N) is 4. The van der Waals surface area contributed by atoms with E-state index >= 15 is 0 Å². The monoisotopic (exact) mass is 366 g/mol. The van der Waals surface area contributed by atoms with Gasteiger partial charge in [-0.25, -0.2) is 9.37 Å². The van der Waals surface area contributed by atoms with E-state index in [4.69, 9.17) is 0 Å². The van der Waals surface area contributed by atoms with E-state index in [1.807, 2.05) is 11.0 Å². The molecule has 1 fully saturated rings. The predicted molar refractivity (Wildman–Crippen MR) is 100 cm³/mol. The van der Waals surface area contributed by atoms with Gasteiger partial charge in [0, 0.05) is 38.4 Å². The molecule has 2 aromatic heterocycles. The first-order valence-corrected chi connectivity index (χ1v) is 8.86. The van der Waals surface area contributed by atoms with Gasteiger partial charge in [0.05, 0.1) is 6.42 Å². The summed E-state index contributed by atoms with van der Waals surface area (Å²) < 4.78 is 14.5. The minimum absolute atomic E-state index is 0.0211. The molecule has 3 heterocycles. The second-order valence-corrected chi connectivity index (χ2v) is 6.55. The number of rotatable bonds is 3. The Kier molecular flexibility index (Phi) is 4.58. The third-order valence-electron chi connectivity index (χ3n) is 4.78. The summed E-state index contributed by atoms with van der Waals surface area (Å²) in [5.74, 6) is 0.350. The van der Waals surface area contributed by atoms with Gasteiger partial charge in [0.1, 0.15) is 17.3 Å². The Hall–Kier alpha value is -3.22. The van der Waals surface area contributed by atoms with Gasteiger partial charge >= 0.3 is 0 Å². The van der Waals surface area contributed by atoms with Crippen molar-refractivity contribution < 1.29 is 9.18 Å². The molecule has 1 saturated heterocycles. The zero-order chi connectivity index (χ0) is 18.8. The zero-order valence-electron chi connectivity index (χ0n) is 14.7. The van der Waals surface area contributed by atoms with Crippen LogP contribution >= 0.6 is 0 Å². The lowest BCUT2D eigenvalue weighted by molar-refractivity contribution is -0.130. The van der Waals surface area contributed by atoms with Crippen molar-refractivity contribution >= 4 is 17.4 Å². The SMILES string of the molecule is O=C(Cc1ccc(F)cc1)N1CCN(c2cc(=O)n3ccccc3n2)CC1. The number of aromatic nitrogens is 2. The van der Waals surface area contributed by atoms with Crippen molar-refractivity contribution in [3.63, 3.8) is 0 Å². The van der Waals surface area contributed by atoms with E-state index in [0.29, 0.717) is 37.6 Å². The molecule has 0 saturated carbocycles. The standard InChI is InChI=1S/C20H19FN4O2/c21-16-6-4-15(5-7-16)13-19(26)24-11-9-23(10-12-24)18-14-20(27)25-8-2-1-3-17(25)22-18/h1-8,14H,9-13H2. The van der Waals surface area contributed by atoms with Crippen molar-refractivity contribution in [3.05, 3.63) is 76.5 Å². The highest BCUT2D eigenvalue weighted by molar-refractivity contribution is 5.79. The number of halogens is 1. The second-order valence-electron chi connectivity index (χ2n) is 6.55. The number of amides is 1. The summed E-state index contributed by atoms with van der Waals surface area (Å²) in [6.45, 7) is 2.36. The van der Waals surface area contributed by atoms with E-state index in [-0.39, 0.29) is 23.7 Å². The number of carbonyl (C=O) groups is 1. The van der Waals surface area contributed by atoms with Gasteiger partial charge in [-0.15, -0.1) is 0 Å². The average molecular weight is 366 g/mol. The number of fused-ring (bicyclic) bond motifs is 1. The van der Waals surface area contributed by atoms with E-state index in [0.717, 1.165) is 5.56 Å². The number of carbonyl (C=O) groups excluding carboxylic acids is 1. The summed E-state index contributed by atoms with van der Waals surface area (Å²) >= 11 is 0. The van der Waals surface area contributed by atoms with Crippen LogP contribution in [0.15, 0.2) is 59.5 Å². The van der Waals surface area contributed by atoms with Crippen LogP contribution in [0.1, 0.15) is 5.56 Å². The topological polar surface area (TPSA) is 57.9 Å². The molecule has 0 N–H and O–H groups in total. The molecule has 0 aliphatic carbocycles. The maximum atomic E-state index is 13.0. The summed E-state index contributed by atoms with van der Waals surface area (Å²) in [6, 6.07) is 13.0. The Morgan fingerprint density at radius 2 is 1.78 bits per heavy atom. The van der Waals surface area contributed by atoms with Gasteiger partial charge in [0.25, 0.3) is 5.56 Å². The summed E-state index contributed by atoms with van der Waals surface area (Å²) in [7, 11) is 0. The van der Waals surface area contributed by atoms with Crippen molar-refractivity contribution in [1.82, 2.24) is 14.3 Å².